The average Bonchev–Trinajstić information content (AvgIpc) is 3.02. The van der Waals surface area contributed by atoms with Crippen molar-refractivity contribution in [2.24, 2.45) is 5.14 Å². The smallest absolute Gasteiger partial charge is 0.0657 e. The highest BCUT2D eigenvalue weighted by Crippen LogP contribution is 2.31. The molecule has 2 aromatic heterocycles. The third-order valence-electron chi connectivity index (χ3n) is 3.87. The highest BCUT2D eigenvalue weighted by Gasteiger charge is 2.12. The Morgan fingerprint density at radius 1 is 0.870 bits per heavy atom. The van der Waals surface area contributed by atoms with Crippen molar-refractivity contribution in [3.8, 4) is 16.9 Å². The minimum absolute atomic E-state index is 0.944. The third kappa shape index (κ3) is 2.52. The van der Waals surface area contributed by atoms with Gasteiger partial charge in [-0.15, -0.1) is 0 Å². The molecule has 0 saturated heterocycles. The van der Waals surface area contributed by atoms with Crippen LogP contribution in [0, 0.1) is 0 Å². The normalized spacial score (nSPS) is 11.0. The number of hydrogen-bond donors (Lipinski definition) is 1. The number of pyridine rings is 1. The molecule has 0 radical (unpaired) electrons. The highest BCUT2D eigenvalue weighted by atomic mass is 32.2. The van der Waals surface area contributed by atoms with Crippen molar-refractivity contribution in [1.82, 2.24) is 9.55 Å². The number of aromatic nitrogens is 2. The lowest BCUT2D eigenvalue weighted by molar-refractivity contribution is 1.08. The zero-order valence-corrected chi connectivity index (χ0v) is 13.2. The minimum Gasteiger partial charge on any atom is -0.308 e. The van der Waals surface area contributed by atoms with E-state index in [4.69, 9.17) is 5.14 Å². The van der Waals surface area contributed by atoms with E-state index in [0.717, 1.165) is 21.8 Å². The van der Waals surface area contributed by atoms with Crippen molar-refractivity contribution in [2.75, 3.05) is 0 Å². The van der Waals surface area contributed by atoms with E-state index < -0.39 is 0 Å². The molecule has 4 rings (SSSR count). The molecule has 4 aromatic rings. The van der Waals surface area contributed by atoms with Gasteiger partial charge in [0.15, 0.2) is 0 Å². The predicted molar refractivity (Wildman–Crippen MR) is 96.6 cm³/mol. The van der Waals surface area contributed by atoms with Crippen LogP contribution in [0.2, 0.25) is 0 Å². The van der Waals surface area contributed by atoms with Gasteiger partial charge in [0.1, 0.15) is 0 Å². The van der Waals surface area contributed by atoms with Crippen LogP contribution < -0.4 is 5.14 Å². The summed E-state index contributed by atoms with van der Waals surface area (Å²) in [6.45, 7) is 0. The Labute approximate surface area is 138 Å². The maximum atomic E-state index is 5.70. The second kappa shape index (κ2) is 5.91. The topological polar surface area (TPSA) is 43.8 Å². The summed E-state index contributed by atoms with van der Waals surface area (Å²) < 4.78 is 2.23. The second-order valence-corrected chi connectivity index (χ2v) is 5.99. The van der Waals surface area contributed by atoms with Gasteiger partial charge in [0.25, 0.3) is 0 Å². The molecule has 0 spiro atoms. The van der Waals surface area contributed by atoms with Crippen molar-refractivity contribution in [3.05, 3.63) is 79.1 Å². The lowest BCUT2D eigenvalue weighted by Crippen LogP contribution is -1.98. The van der Waals surface area contributed by atoms with Crippen LogP contribution in [0.25, 0.3) is 27.8 Å². The van der Waals surface area contributed by atoms with Crippen molar-refractivity contribution in [1.29, 1.82) is 0 Å². The maximum absolute atomic E-state index is 5.70. The van der Waals surface area contributed by atoms with Crippen molar-refractivity contribution >= 4 is 22.9 Å². The van der Waals surface area contributed by atoms with Gasteiger partial charge >= 0.3 is 0 Å². The molecule has 23 heavy (non-hydrogen) atoms. The molecular weight excluding hydrogens is 302 g/mol. The SMILES string of the molecule is NSc1cncc(-n2c(-c3ccccc3)cc3ccccc32)c1. The minimum atomic E-state index is 0.944. The van der Waals surface area contributed by atoms with Gasteiger partial charge in [-0.05, 0) is 35.7 Å². The summed E-state index contributed by atoms with van der Waals surface area (Å²) in [5.41, 5.74) is 4.50. The number of nitrogens with two attached hydrogens (primary N) is 1. The quantitative estimate of drug-likeness (QED) is 0.559. The van der Waals surface area contributed by atoms with Crippen molar-refractivity contribution < 1.29 is 0 Å². The lowest BCUT2D eigenvalue weighted by atomic mass is 10.1. The van der Waals surface area contributed by atoms with E-state index in [1.807, 2.05) is 12.3 Å². The molecule has 2 aromatic carbocycles. The van der Waals surface area contributed by atoms with Crippen LogP contribution in [-0.4, -0.2) is 9.55 Å². The summed E-state index contributed by atoms with van der Waals surface area (Å²) in [6, 6.07) is 23.1. The Morgan fingerprint density at radius 3 is 2.48 bits per heavy atom. The fourth-order valence-corrected chi connectivity index (χ4v) is 3.16. The monoisotopic (exact) mass is 317 g/mol. The zero-order valence-electron chi connectivity index (χ0n) is 12.4. The Kier molecular flexibility index (Phi) is 3.61. The van der Waals surface area contributed by atoms with E-state index in [-0.39, 0.29) is 0 Å². The van der Waals surface area contributed by atoms with Gasteiger partial charge in [0.05, 0.1) is 23.1 Å². The van der Waals surface area contributed by atoms with Crippen LogP contribution in [0.15, 0.2) is 84.0 Å². The second-order valence-electron chi connectivity index (χ2n) is 5.29. The zero-order chi connectivity index (χ0) is 15.6. The van der Waals surface area contributed by atoms with E-state index in [9.17, 15) is 0 Å². The van der Waals surface area contributed by atoms with Crippen LogP contribution in [0.1, 0.15) is 0 Å². The van der Waals surface area contributed by atoms with Gasteiger partial charge in [-0.25, -0.2) is 0 Å². The van der Waals surface area contributed by atoms with E-state index in [2.05, 4.69) is 70.2 Å². The first-order valence-corrected chi connectivity index (χ1v) is 8.23. The first kappa shape index (κ1) is 14.1. The van der Waals surface area contributed by atoms with Gasteiger partial charge in [-0.2, -0.15) is 0 Å². The summed E-state index contributed by atoms with van der Waals surface area (Å²) >= 11 is 1.21. The van der Waals surface area contributed by atoms with Gasteiger partial charge < -0.3 is 4.57 Å². The molecule has 0 fully saturated rings. The largest absolute Gasteiger partial charge is 0.308 e. The number of benzene rings is 2. The summed E-state index contributed by atoms with van der Waals surface area (Å²) in [5, 5.41) is 6.91. The number of nitrogens with zero attached hydrogens (tertiary/aromatic N) is 2. The number of fused-ring (bicyclic) bond motifs is 1. The molecule has 0 atom stereocenters. The van der Waals surface area contributed by atoms with Gasteiger partial charge in [-0.3, -0.25) is 10.1 Å². The average molecular weight is 317 g/mol. The van der Waals surface area contributed by atoms with Crippen LogP contribution in [0.5, 0.6) is 0 Å². The first-order chi connectivity index (χ1) is 11.4. The van der Waals surface area contributed by atoms with Gasteiger partial charge in [0.2, 0.25) is 0 Å². The number of rotatable bonds is 3. The Balaban J connectivity index is 2.03. The van der Waals surface area contributed by atoms with E-state index in [0.29, 0.717) is 0 Å². The summed E-state index contributed by atoms with van der Waals surface area (Å²) in [7, 11) is 0. The molecule has 0 aliphatic heterocycles. The highest BCUT2D eigenvalue weighted by molar-refractivity contribution is 7.97. The predicted octanol–water partition coefficient (Wildman–Crippen LogP) is 4.66. The molecule has 0 saturated carbocycles. The molecule has 0 bridgehead atoms. The van der Waals surface area contributed by atoms with Crippen LogP contribution in [0.4, 0.5) is 0 Å². The molecule has 4 heteroatoms. The molecule has 2 N–H and O–H groups in total. The van der Waals surface area contributed by atoms with Crippen LogP contribution >= 0.6 is 11.9 Å². The van der Waals surface area contributed by atoms with Gasteiger partial charge in [-0.1, -0.05) is 48.5 Å². The Bertz CT molecular complexity index is 961. The Morgan fingerprint density at radius 2 is 1.65 bits per heavy atom. The van der Waals surface area contributed by atoms with Gasteiger partial charge in [0, 0.05) is 16.5 Å². The van der Waals surface area contributed by atoms with Crippen molar-refractivity contribution in [3.63, 3.8) is 0 Å². The fourth-order valence-electron chi connectivity index (χ4n) is 2.85. The third-order valence-corrected chi connectivity index (χ3v) is 4.37. The standard InChI is InChI=1S/C19H15N3S/c20-23-17-11-16(12-21-13-17)22-18-9-5-4-8-15(18)10-19(22)14-6-2-1-3-7-14/h1-13H,20H2. The molecule has 0 amide bonds. The first-order valence-electron chi connectivity index (χ1n) is 7.35. The maximum Gasteiger partial charge on any atom is 0.0657 e. The molecule has 0 aliphatic carbocycles. The Hall–Kier alpha value is -2.56. The van der Waals surface area contributed by atoms with Crippen LogP contribution in [0.3, 0.4) is 0 Å². The molecule has 112 valence electrons. The summed E-state index contributed by atoms with van der Waals surface area (Å²) in [4.78, 5) is 5.28. The molecular formula is C19H15N3S. The molecule has 3 nitrogen and oxygen atoms in total. The molecule has 0 aliphatic rings. The number of hydrogen-bond acceptors (Lipinski definition) is 3. The van der Waals surface area contributed by atoms with E-state index in [1.54, 1.807) is 6.20 Å². The summed E-state index contributed by atoms with van der Waals surface area (Å²) in [5.74, 6) is 0. The molecule has 2 heterocycles. The van der Waals surface area contributed by atoms with E-state index >= 15 is 0 Å². The van der Waals surface area contributed by atoms with Crippen LogP contribution in [-0.2, 0) is 0 Å². The van der Waals surface area contributed by atoms with Crippen molar-refractivity contribution in [2.45, 2.75) is 4.90 Å². The lowest BCUT2D eigenvalue weighted by Gasteiger charge is -2.11. The summed E-state index contributed by atoms with van der Waals surface area (Å²) in [6.07, 6.45) is 3.65. The van der Waals surface area contributed by atoms with E-state index in [1.165, 1.54) is 22.9 Å². The molecule has 0 unspecified atom stereocenters. The fraction of sp³-hybridized carbons (Fsp3) is 0. The number of para-hydroxylation sites is 1.